The fourth-order valence-corrected chi connectivity index (χ4v) is 2.70. The largest absolute Gasteiger partial charge is 0.507 e. The molecule has 0 saturated carbocycles. The van der Waals surface area contributed by atoms with Crippen molar-refractivity contribution in [2.45, 2.75) is 6.54 Å². The van der Waals surface area contributed by atoms with Crippen LogP contribution in [0.2, 0.25) is 5.02 Å². The summed E-state index contributed by atoms with van der Waals surface area (Å²) in [5.41, 5.74) is 1.85. The van der Waals surface area contributed by atoms with Crippen LogP contribution in [-0.2, 0) is 6.54 Å². The van der Waals surface area contributed by atoms with E-state index in [1.54, 1.807) is 30.8 Å². The summed E-state index contributed by atoms with van der Waals surface area (Å²) < 4.78 is 4.95. The molecule has 124 valence electrons. The first kappa shape index (κ1) is 15.3. The van der Waals surface area contributed by atoms with Crippen LogP contribution in [0.4, 0.5) is 5.82 Å². The normalized spacial score (nSPS) is 10.9. The molecule has 3 aromatic heterocycles. The Bertz CT molecular complexity index is 1040. The maximum Gasteiger partial charge on any atom is 0.180 e. The van der Waals surface area contributed by atoms with Crippen LogP contribution in [-0.4, -0.2) is 25.3 Å². The summed E-state index contributed by atoms with van der Waals surface area (Å²) in [5, 5.41) is 23.9. The average molecular weight is 354 g/mol. The molecule has 0 aliphatic rings. The number of anilines is 1. The molecule has 3 heterocycles. The minimum Gasteiger partial charge on any atom is -0.507 e. The SMILES string of the molecule is Oc1cc(Cl)ccc1-c1nnc(NCc2cocn2)c2cnccc12. The van der Waals surface area contributed by atoms with Crippen molar-refractivity contribution in [3.63, 3.8) is 0 Å². The van der Waals surface area contributed by atoms with Gasteiger partial charge in [-0.2, -0.15) is 0 Å². The van der Waals surface area contributed by atoms with Gasteiger partial charge in [0.2, 0.25) is 0 Å². The fourth-order valence-electron chi connectivity index (χ4n) is 2.53. The van der Waals surface area contributed by atoms with Crippen LogP contribution < -0.4 is 5.32 Å². The van der Waals surface area contributed by atoms with Gasteiger partial charge < -0.3 is 14.8 Å². The molecule has 0 radical (unpaired) electrons. The molecule has 8 heteroatoms. The Hall–Kier alpha value is -3.19. The van der Waals surface area contributed by atoms with Crippen LogP contribution in [0.5, 0.6) is 5.75 Å². The minimum absolute atomic E-state index is 0.0446. The van der Waals surface area contributed by atoms with Crippen molar-refractivity contribution in [1.82, 2.24) is 20.2 Å². The van der Waals surface area contributed by atoms with E-state index >= 15 is 0 Å². The van der Waals surface area contributed by atoms with Gasteiger partial charge in [-0.05, 0) is 24.3 Å². The van der Waals surface area contributed by atoms with E-state index in [0.717, 1.165) is 16.5 Å². The molecule has 7 nitrogen and oxygen atoms in total. The van der Waals surface area contributed by atoms with Crippen molar-refractivity contribution in [2.75, 3.05) is 5.32 Å². The van der Waals surface area contributed by atoms with Crippen molar-refractivity contribution in [3.8, 4) is 17.0 Å². The quantitative estimate of drug-likeness (QED) is 0.578. The number of hydrogen-bond donors (Lipinski definition) is 2. The number of benzene rings is 1. The molecule has 0 saturated heterocycles. The van der Waals surface area contributed by atoms with E-state index in [-0.39, 0.29) is 5.75 Å². The van der Waals surface area contributed by atoms with Crippen molar-refractivity contribution < 1.29 is 9.52 Å². The summed E-state index contributed by atoms with van der Waals surface area (Å²) in [5.74, 6) is 0.617. The van der Waals surface area contributed by atoms with E-state index in [2.05, 4.69) is 25.5 Å². The molecule has 0 atom stereocenters. The molecule has 4 aromatic rings. The van der Waals surface area contributed by atoms with Gasteiger partial charge in [0.1, 0.15) is 17.7 Å². The van der Waals surface area contributed by atoms with Crippen molar-refractivity contribution in [2.24, 2.45) is 0 Å². The third kappa shape index (κ3) is 2.97. The molecule has 2 N–H and O–H groups in total. The molecule has 0 fully saturated rings. The Morgan fingerprint density at radius 3 is 2.88 bits per heavy atom. The second-order valence-electron chi connectivity index (χ2n) is 5.31. The van der Waals surface area contributed by atoms with Crippen LogP contribution in [0, 0.1) is 0 Å². The molecule has 0 aliphatic heterocycles. The zero-order chi connectivity index (χ0) is 17.2. The third-order valence-corrected chi connectivity index (χ3v) is 3.95. The average Bonchev–Trinajstić information content (AvgIpc) is 3.14. The monoisotopic (exact) mass is 353 g/mol. The Labute approximate surface area is 147 Å². The number of nitrogens with zero attached hydrogens (tertiary/aromatic N) is 4. The molecule has 4 rings (SSSR count). The molecule has 0 spiro atoms. The number of phenols is 1. The number of aromatic nitrogens is 4. The molecular weight excluding hydrogens is 342 g/mol. The number of aromatic hydroxyl groups is 1. The van der Waals surface area contributed by atoms with Crippen LogP contribution in [0.15, 0.2) is 53.7 Å². The molecule has 0 aliphatic carbocycles. The van der Waals surface area contributed by atoms with E-state index in [0.29, 0.717) is 28.6 Å². The zero-order valence-electron chi connectivity index (χ0n) is 12.8. The van der Waals surface area contributed by atoms with Gasteiger partial charge in [-0.1, -0.05) is 11.6 Å². The number of pyridine rings is 1. The number of hydrogen-bond acceptors (Lipinski definition) is 7. The number of phenolic OH excluding ortho intramolecular Hbond substituents is 1. The van der Waals surface area contributed by atoms with Gasteiger partial charge in [0.05, 0.1) is 12.2 Å². The third-order valence-electron chi connectivity index (χ3n) is 3.72. The topological polar surface area (TPSA) is 97.0 Å². The lowest BCUT2D eigenvalue weighted by molar-refractivity contribution is 0.477. The molecule has 25 heavy (non-hydrogen) atoms. The van der Waals surface area contributed by atoms with Gasteiger partial charge >= 0.3 is 0 Å². The summed E-state index contributed by atoms with van der Waals surface area (Å²) in [6, 6.07) is 6.71. The first-order valence-corrected chi connectivity index (χ1v) is 7.80. The second-order valence-corrected chi connectivity index (χ2v) is 5.75. The Balaban J connectivity index is 1.78. The van der Waals surface area contributed by atoms with Gasteiger partial charge in [-0.15, -0.1) is 10.2 Å². The summed E-state index contributed by atoms with van der Waals surface area (Å²) in [6.07, 6.45) is 6.29. The summed E-state index contributed by atoms with van der Waals surface area (Å²) >= 11 is 5.91. The summed E-state index contributed by atoms with van der Waals surface area (Å²) in [6.45, 7) is 0.445. The van der Waals surface area contributed by atoms with Crippen molar-refractivity contribution in [3.05, 3.63) is 60.0 Å². The van der Waals surface area contributed by atoms with Gasteiger partial charge in [-0.25, -0.2) is 4.98 Å². The maximum absolute atomic E-state index is 10.2. The summed E-state index contributed by atoms with van der Waals surface area (Å²) in [7, 11) is 0. The van der Waals surface area contributed by atoms with Gasteiger partial charge in [-0.3, -0.25) is 4.98 Å². The lowest BCUT2D eigenvalue weighted by Crippen LogP contribution is -2.04. The molecule has 1 aromatic carbocycles. The minimum atomic E-state index is 0.0446. The van der Waals surface area contributed by atoms with Crippen LogP contribution >= 0.6 is 11.6 Å². The zero-order valence-corrected chi connectivity index (χ0v) is 13.6. The highest BCUT2D eigenvalue weighted by molar-refractivity contribution is 6.30. The maximum atomic E-state index is 10.2. The number of fused-ring (bicyclic) bond motifs is 1. The van der Waals surface area contributed by atoms with Gasteiger partial charge in [0, 0.05) is 33.8 Å². The predicted octanol–water partition coefficient (Wildman–Crippen LogP) is 3.65. The highest BCUT2D eigenvalue weighted by atomic mass is 35.5. The van der Waals surface area contributed by atoms with Gasteiger partial charge in [0.15, 0.2) is 12.2 Å². The van der Waals surface area contributed by atoms with Crippen LogP contribution in [0.25, 0.3) is 22.0 Å². The van der Waals surface area contributed by atoms with E-state index in [1.807, 2.05) is 6.07 Å². The molecule has 0 bridgehead atoms. The Morgan fingerprint density at radius 1 is 1.16 bits per heavy atom. The highest BCUT2D eigenvalue weighted by Crippen LogP contribution is 2.35. The number of nitrogens with one attached hydrogen (secondary N) is 1. The number of halogens is 1. The van der Waals surface area contributed by atoms with Crippen LogP contribution in [0.1, 0.15) is 5.69 Å². The highest BCUT2D eigenvalue weighted by Gasteiger charge is 2.14. The lowest BCUT2D eigenvalue weighted by Gasteiger charge is -2.11. The van der Waals surface area contributed by atoms with Crippen molar-refractivity contribution in [1.29, 1.82) is 0 Å². The van der Waals surface area contributed by atoms with Gasteiger partial charge in [0.25, 0.3) is 0 Å². The molecular formula is C17H12ClN5O2. The fraction of sp³-hybridized carbons (Fsp3) is 0.0588. The second kappa shape index (κ2) is 6.37. The Kier molecular flexibility index (Phi) is 3.91. The van der Waals surface area contributed by atoms with E-state index in [9.17, 15) is 5.11 Å². The molecule has 0 amide bonds. The number of oxazole rings is 1. The standard InChI is InChI=1S/C17H12ClN5O2/c18-10-1-2-13(15(24)5-10)16-12-3-4-19-7-14(12)17(23-22-16)20-6-11-8-25-9-21-11/h1-5,7-9,24H,6H2,(H,20,23). The smallest absolute Gasteiger partial charge is 0.180 e. The first-order valence-electron chi connectivity index (χ1n) is 7.42. The number of rotatable bonds is 4. The lowest BCUT2D eigenvalue weighted by atomic mass is 10.1. The Morgan fingerprint density at radius 2 is 2.08 bits per heavy atom. The van der Waals surface area contributed by atoms with E-state index < -0.39 is 0 Å². The first-order chi connectivity index (χ1) is 12.2. The van der Waals surface area contributed by atoms with E-state index in [4.69, 9.17) is 16.0 Å². The van der Waals surface area contributed by atoms with Crippen LogP contribution in [0.3, 0.4) is 0 Å². The predicted molar refractivity (Wildman–Crippen MR) is 93.3 cm³/mol. The van der Waals surface area contributed by atoms with E-state index in [1.165, 1.54) is 12.5 Å². The summed E-state index contributed by atoms with van der Waals surface area (Å²) in [4.78, 5) is 8.22. The molecule has 0 unspecified atom stereocenters. The van der Waals surface area contributed by atoms with Crippen molar-refractivity contribution >= 4 is 28.2 Å².